The number of ether oxygens (including phenoxy) is 1. The fourth-order valence-electron chi connectivity index (χ4n) is 3.47. The van der Waals surface area contributed by atoms with Crippen molar-refractivity contribution in [3.8, 4) is 5.75 Å². The summed E-state index contributed by atoms with van der Waals surface area (Å²) in [6, 6.07) is 13.7. The van der Waals surface area contributed by atoms with Crippen molar-refractivity contribution in [1.82, 2.24) is 9.80 Å². The van der Waals surface area contributed by atoms with Gasteiger partial charge in [-0.3, -0.25) is 9.59 Å². The van der Waals surface area contributed by atoms with Crippen LogP contribution in [0.5, 0.6) is 5.75 Å². The van der Waals surface area contributed by atoms with Crippen molar-refractivity contribution in [2.24, 2.45) is 0 Å². The fraction of sp³-hybridized carbons (Fsp3) is 0.304. The normalized spacial score (nSPS) is 18.3. The lowest BCUT2D eigenvalue weighted by Crippen LogP contribution is -2.35. The first-order valence-corrected chi connectivity index (χ1v) is 10.5. The zero-order chi connectivity index (χ0) is 21.8. The molecule has 6 nitrogen and oxygen atoms in total. The van der Waals surface area contributed by atoms with Gasteiger partial charge < -0.3 is 19.6 Å². The van der Waals surface area contributed by atoms with Crippen LogP contribution in [0, 0.1) is 0 Å². The van der Waals surface area contributed by atoms with Crippen LogP contribution in [0.25, 0.3) is 5.76 Å². The van der Waals surface area contributed by atoms with Crippen LogP contribution in [0.3, 0.4) is 0 Å². The number of aliphatic hydroxyl groups excluding tert-OH is 1. The van der Waals surface area contributed by atoms with Gasteiger partial charge in [-0.2, -0.15) is 0 Å². The molecule has 0 aromatic heterocycles. The molecule has 1 atom stereocenters. The zero-order valence-electron chi connectivity index (χ0n) is 17.3. The number of hydrogen-bond acceptors (Lipinski definition) is 5. The Labute approximate surface area is 184 Å². The van der Waals surface area contributed by atoms with Crippen LogP contribution in [0.1, 0.15) is 24.1 Å². The van der Waals surface area contributed by atoms with Gasteiger partial charge in [-0.1, -0.05) is 40.2 Å². The van der Waals surface area contributed by atoms with Crippen molar-refractivity contribution >= 4 is 33.4 Å². The molecule has 1 heterocycles. The number of likely N-dealkylation sites (tertiary alicyclic amines) is 1. The Morgan fingerprint density at radius 1 is 1.17 bits per heavy atom. The van der Waals surface area contributed by atoms with Gasteiger partial charge in [0.15, 0.2) is 0 Å². The average Bonchev–Trinajstić information content (AvgIpc) is 2.97. The standard InChI is InChI=1S/C23H25BrN2O4/c1-4-30-18-7-5-6-16(14-18)21(27)19-20(15-8-10-17(24)11-9-15)26(13-12-25(2)3)23(29)22(19)28/h5-11,14,20,27H,4,12-13H2,1-3H3/b21-19+. The lowest BCUT2D eigenvalue weighted by Gasteiger charge is -2.26. The predicted octanol–water partition coefficient (Wildman–Crippen LogP) is 3.83. The summed E-state index contributed by atoms with van der Waals surface area (Å²) in [6.45, 7) is 3.32. The topological polar surface area (TPSA) is 70.1 Å². The third-order valence-corrected chi connectivity index (χ3v) is 5.46. The molecule has 2 aromatic rings. The lowest BCUT2D eigenvalue weighted by atomic mass is 9.95. The second-order valence-corrected chi connectivity index (χ2v) is 8.22. The second-order valence-electron chi connectivity index (χ2n) is 7.31. The minimum Gasteiger partial charge on any atom is -0.507 e. The molecule has 1 N–H and O–H groups in total. The first-order chi connectivity index (χ1) is 14.3. The number of likely N-dealkylation sites (N-methyl/N-ethyl adjacent to an activating group) is 1. The number of carbonyl (C=O) groups is 2. The van der Waals surface area contributed by atoms with Gasteiger partial charge in [0, 0.05) is 23.1 Å². The Bertz CT molecular complexity index is 969. The maximum atomic E-state index is 13.0. The molecule has 0 saturated carbocycles. The molecule has 158 valence electrons. The van der Waals surface area contributed by atoms with Crippen molar-refractivity contribution in [3.05, 3.63) is 69.7 Å². The molecule has 0 radical (unpaired) electrons. The highest BCUT2D eigenvalue weighted by Gasteiger charge is 2.45. The first-order valence-electron chi connectivity index (χ1n) is 9.75. The van der Waals surface area contributed by atoms with E-state index in [1.165, 1.54) is 4.90 Å². The number of amides is 1. The van der Waals surface area contributed by atoms with E-state index in [4.69, 9.17) is 4.74 Å². The highest BCUT2D eigenvalue weighted by molar-refractivity contribution is 9.10. The molecule has 0 aliphatic carbocycles. The maximum absolute atomic E-state index is 13.0. The van der Waals surface area contributed by atoms with Crippen LogP contribution in [0.4, 0.5) is 0 Å². The van der Waals surface area contributed by atoms with Gasteiger partial charge >= 0.3 is 0 Å². The SMILES string of the molecule is CCOc1cccc(/C(O)=C2\C(=O)C(=O)N(CCN(C)C)C2c2ccc(Br)cc2)c1. The maximum Gasteiger partial charge on any atom is 0.295 e. The molecule has 1 unspecified atom stereocenters. The van der Waals surface area contributed by atoms with Crippen molar-refractivity contribution < 1.29 is 19.4 Å². The van der Waals surface area contributed by atoms with Gasteiger partial charge in [0.05, 0.1) is 18.2 Å². The summed E-state index contributed by atoms with van der Waals surface area (Å²) in [5, 5.41) is 11.1. The fourth-order valence-corrected chi connectivity index (χ4v) is 3.73. The van der Waals surface area contributed by atoms with E-state index in [-0.39, 0.29) is 11.3 Å². The van der Waals surface area contributed by atoms with E-state index in [1.807, 2.05) is 50.2 Å². The van der Waals surface area contributed by atoms with Gasteiger partial charge in [0.25, 0.3) is 11.7 Å². The summed E-state index contributed by atoms with van der Waals surface area (Å²) < 4.78 is 6.40. The molecule has 1 fully saturated rings. The Morgan fingerprint density at radius 2 is 1.87 bits per heavy atom. The summed E-state index contributed by atoms with van der Waals surface area (Å²) in [5.41, 5.74) is 1.29. The number of ketones is 1. The van der Waals surface area contributed by atoms with Gasteiger partial charge in [-0.15, -0.1) is 0 Å². The number of rotatable bonds is 7. The summed E-state index contributed by atoms with van der Waals surface area (Å²) in [7, 11) is 3.81. The summed E-state index contributed by atoms with van der Waals surface area (Å²) in [6.07, 6.45) is 0. The van der Waals surface area contributed by atoms with Crippen LogP contribution in [0.15, 0.2) is 58.6 Å². The predicted molar refractivity (Wildman–Crippen MR) is 119 cm³/mol. The minimum absolute atomic E-state index is 0.0923. The van der Waals surface area contributed by atoms with Crippen LogP contribution in [-0.4, -0.2) is 60.4 Å². The number of carbonyl (C=O) groups excluding carboxylic acids is 2. The minimum atomic E-state index is -0.680. The number of Topliss-reactive ketones (excluding diaryl/α,β-unsaturated/α-hetero) is 1. The molecule has 1 aliphatic heterocycles. The molecule has 2 aromatic carbocycles. The number of halogens is 1. The molecular weight excluding hydrogens is 448 g/mol. The summed E-state index contributed by atoms with van der Waals surface area (Å²) in [5.74, 6) is -0.896. The first kappa shape index (κ1) is 22.1. The third kappa shape index (κ3) is 4.57. The average molecular weight is 473 g/mol. The van der Waals surface area contributed by atoms with Gasteiger partial charge in [0.2, 0.25) is 0 Å². The second kappa shape index (κ2) is 9.45. The van der Waals surface area contributed by atoms with Gasteiger partial charge in [-0.05, 0) is 50.8 Å². The molecule has 1 aliphatic rings. The van der Waals surface area contributed by atoms with E-state index >= 15 is 0 Å². The largest absolute Gasteiger partial charge is 0.507 e. The van der Waals surface area contributed by atoms with Crippen molar-refractivity contribution in [3.63, 3.8) is 0 Å². The van der Waals surface area contributed by atoms with E-state index in [9.17, 15) is 14.7 Å². The van der Waals surface area contributed by atoms with Crippen LogP contribution in [-0.2, 0) is 9.59 Å². The Kier molecular flexibility index (Phi) is 6.95. The zero-order valence-corrected chi connectivity index (χ0v) is 18.8. The Morgan fingerprint density at radius 3 is 2.50 bits per heavy atom. The van der Waals surface area contributed by atoms with Crippen LogP contribution < -0.4 is 4.74 Å². The van der Waals surface area contributed by atoms with E-state index in [0.29, 0.717) is 31.0 Å². The summed E-state index contributed by atoms with van der Waals surface area (Å²) in [4.78, 5) is 29.3. The molecule has 7 heteroatoms. The monoisotopic (exact) mass is 472 g/mol. The number of hydrogen-bond donors (Lipinski definition) is 1. The van der Waals surface area contributed by atoms with Gasteiger partial charge in [-0.25, -0.2) is 0 Å². The number of nitrogens with zero attached hydrogens (tertiary/aromatic N) is 2. The number of aliphatic hydroxyl groups is 1. The lowest BCUT2D eigenvalue weighted by molar-refractivity contribution is -0.140. The molecule has 30 heavy (non-hydrogen) atoms. The highest BCUT2D eigenvalue weighted by atomic mass is 79.9. The Hall–Kier alpha value is -2.64. The quantitative estimate of drug-likeness (QED) is 0.376. The van der Waals surface area contributed by atoms with E-state index in [0.717, 1.165) is 10.0 Å². The van der Waals surface area contributed by atoms with Crippen LogP contribution in [0.2, 0.25) is 0 Å². The van der Waals surface area contributed by atoms with E-state index < -0.39 is 17.7 Å². The molecule has 1 saturated heterocycles. The van der Waals surface area contributed by atoms with Crippen molar-refractivity contribution in [2.75, 3.05) is 33.8 Å². The Balaban J connectivity index is 2.12. The third-order valence-electron chi connectivity index (χ3n) is 4.93. The molecule has 0 spiro atoms. The van der Waals surface area contributed by atoms with E-state index in [1.54, 1.807) is 24.3 Å². The molecular formula is C23H25BrN2O4. The van der Waals surface area contributed by atoms with Crippen molar-refractivity contribution in [2.45, 2.75) is 13.0 Å². The van der Waals surface area contributed by atoms with Crippen molar-refractivity contribution in [1.29, 1.82) is 0 Å². The summed E-state index contributed by atoms with van der Waals surface area (Å²) >= 11 is 3.42. The molecule has 3 rings (SSSR count). The van der Waals surface area contributed by atoms with E-state index in [2.05, 4.69) is 15.9 Å². The van der Waals surface area contributed by atoms with Crippen LogP contribution >= 0.6 is 15.9 Å². The molecule has 0 bridgehead atoms. The number of benzene rings is 2. The van der Waals surface area contributed by atoms with Gasteiger partial charge in [0.1, 0.15) is 11.5 Å². The molecule has 1 amide bonds. The highest BCUT2D eigenvalue weighted by Crippen LogP contribution is 2.39. The smallest absolute Gasteiger partial charge is 0.295 e.